The van der Waals surface area contributed by atoms with Crippen molar-refractivity contribution in [3.8, 4) is 0 Å². The second-order valence-electron chi connectivity index (χ2n) is 5.10. The van der Waals surface area contributed by atoms with Crippen molar-refractivity contribution in [2.75, 3.05) is 24.7 Å². The molecule has 2 nitrogen and oxygen atoms in total. The van der Waals surface area contributed by atoms with E-state index in [4.69, 9.17) is 5.11 Å². The fourth-order valence-electron chi connectivity index (χ4n) is 2.24. The van der Waals surface area contributed by atoms with Crippen molar-refractivity contribution < 1.29 is 5.11 Å². The van der Waals surface area contributed by atoms with Gasteiger partial charge in [-0.15, -0.1) is 0 Å². The third-order valence-electron chi connectivity index (χ3n) is 3.38. The predicted molar refractivity (Wildman–Crippen MR) is 90.4 cm³/mol. The third kappa shape index (κ3) is 7.93. The lowest BCUT2D eigenvalue weighted by Gasteiger charge is -2.19. The van der Waals surface area contributed by atoms with E-state index in [1.54, 1.807) is 0 Å². The van der Waals surface area contributed by atoms with E-state index in [0.717, 1.165) is 24.5 Å². The molecule has 2 N–H and O–H groups in total. The van der Waals surface area contributed by atoms with E-state index < -0.39 is 0 Å². The van der Waals surface area contributed by atoms with Gasteiger partial charge in [0.1, 0.15) is 0 Å². The van der Waals surface area contributed by atoms with Gasteiger partial charge in [-0.3, -0.25) is 0 Å². The van der Waals surface area contributed by atoms with Gasteiger partial charge < -0.3 is 10.4 Å². The van der Waals surface area contributed by atoms with Crippen LogP contribution >= 0.6 is 11.8 Å². The summed E-state index contributed by atoms with van der Waals surface area (Å²) in [5.41, 5.74) is 1.41. The molecule has 0 fully saturated rings. The monoisotopic (exact) mass is 295 g/mol. The summed E-state index contributed by atoms with van der Waals surface area (Å²) in [6.45, 7) is 3.61. The first kappa shape index (κ1) is 17.5. The maximum absolute atomic E-state index is 8.75. The highest BCUT2D eigenvalue weighted by molar-refractivity contribution is 7.99. The molecule has 1 atom stereocenters. The van der Waals surface area contributed by atoms with Gasteiger partial charge in [0.2, 0.25) is 0 Å². The Bertz CT molecular complexity index is 318. The fraction of sp³-hybridized carbons (Fsp3) is 0.647. The number of unbranched alkanes of at least 4 members (excludes halogenated alkanes) is 2. The standard InChI is InChI=1S/C17H29NOS/c1-2-3-5-11-17(16-9-6-4-7-10-16)18-12-15-20-14-8-13-19/h4,6-7,9-10,17-19H,2-3,5,8,11-15H2,1H3. The van der Waals surface area contributed by atoms with Gasteiger partial charge in [-0.05, 0) is 24.2 Å². The van der Waals surface area contributed by atoms with Crippen LogP contribution in [0.4, 0.5) is 0 Å². The highest BCUT2D eigenvalue weighted by atomic mass is 32.2. The third-order valence-corrected chi connectivity index (χ3v) is 4.45. The Balaban J connectivity index is 2.31. The van der Waals surface area contributed by atoms with Crippen molar-refractivity contribution in [3.63, 3.8) is 0 Å². The number of rotatable bonds is 12. The number of hydrogen-bond donors (Lipinski definition) is 2. The van der Waals surface area contributed by atoms with Crippen molar-refractivity contribution in [2.45, 2.75) is 45.1 Å². The van der Waals surface area contributed by atoms with Gasteiger partial charge in [-0.25, -0.2) is 0 Å². The summed E-state index contributed by atoms with van der Waals surface area (Å²) in [6, 6.07) is 11.3. The van der Waals surface area contributed by atoms with Crippen LogP contribution in [0, 0.1) is 0 Å². The lowest BCUT2D eigenvalue weighted by molar-refractivity contribution is 0.296. The van der Waals surface area contributed by atoms with Crippen molar-refractivity contribution in [1.29, 1.82) is 0 Å². The number of aliphatic hydroxyl groups is 1. The smallest absolute Gasteiger partial charge is 0.0438 e. The van der Waals surface area contributed by atoms with Gasteiger partial charge in [-0.1, -0.05) is 56.5 Å². The van der Waals surface area contributed by atoms with Crippen LogP contribution in [0.1, 0.15) is 50.6 Å². The van der Waals surface area contributed by atoms with E-state index in [0.29, 0.717) is 12.6 Å². The second-order valence-corrected chi connectivity index (χ2v) is 6.33. The molecule has 3 heteroatoms. The second kappa shape index (κ2) is 12.2. The maximum atomic E-state index is 8.75. The molecule has 1 unspecified atom stereocenters. The number of nitrogens with one attached hydrogen (secondary N) is 1. The van der Waals surface area contributed by atoms with Crippen LogP contribution in [0.3, 0.4) is 0 Å². The Kier molecular flexibility index (Phi) is 10.7. The van der Waals surface area contributed by atoms with Crippen LogP contribution in [0.15, 0.2) is 30.3 Å². The highest BCUT2D eigenvalue weighted by Crippen LogP contribution is 2.19. The zero-order valence-electron chi connectivity index (χ0n) is 12.7. The van der Waals surface area contributed by atoms with Crippen LogP contribution in [0.2, 0.25) is 0 Å². The molecule has 0 aliphatic carbocycles. The van der Waals surface area contributed by atoms with Gasteiger partial charge in [0, 0.05) is 24.9 Å². The van der Waals surface area contributed by atoms with Gasteiger partial charge >= 0.3 is 0 Å². The van der Waals surface area contributed by atoms with E-state index in [1.807, 2.05) is 11.8 Å². The minimum Gasteiger partial charge on any atom is -0.396 e. The number of aliphatic hydroxyl groups excluding tert-OH is 1. The summed E-state index contributed by atoms with van der Waals surface area (Å²) in [7, 11) is 0. The average molecular weight is 295 g/mol. The minimum absolute atomic E-state index is 0.310. The summed E-state index contributed by atoms with van der Waals surface area (Å²) in [5.74, 6) is 2.18. The van der Waals surface area contributed by atoms with E-state index in [1.165, 1.54) is 31.2 Å². The summed E-state index contributed by atoms with van der Waals surface area (Å²) < 4.78 is 0. The van der Waals surface area contributed by atoms with E-state index in [2.05, 4.69) is 42.6 Å². The molecule has 0 aromatic heterocycles. The molecule has 0 amide bonds. The van der Waals surface area contributed by atoms with Crippen LogP contribution in [-0.2, 0) is 0 Å². The van der Waals surface area contributed by atoms with Gasteiger partial charge in [0.15, 0.2) is 0 Å². The molecule has 0 aliphatic heterocycles. The molecule has 0 bridgehead atoms. The molecule has 0 heterocycles. The Labute approximate surface area is 128 Å². The Morgan fingerprint density at radius 3 is 2.60 bits per heavy atom. The molecule has 1 aromatic rings. The van der Waals surface area contributed by atoms with Crippen molar-refractivity contribution in [3.05, 3.63) is 35.9 Å². The lowest BCUT2D eigenvalue weighted by atomic mass is 10.0. The lowest BCUT2D eigenvalue weighted by Crippen LogP contribution is -2.24. The van der Waals surface area contributed by atoms with Crippen LogP contribution in [-0.4, -0.2) is 29.8 Å². The Hall–Kier alpha value is -0.510. The van der Waals surface area contributed by atoms with Gasteiger partial charge in [0.05, 0.1) is 0 Å². The fourth-order valence-corrected chi connectivity index (χ4v) is 3.04. The molecule has 0 spiro atoms. The van der Waals surface area contributed by atoms with Crippen molar-refractivity contribution in [1.82, 2.24) is 5.32 Å². The van der Waals surface area contributed by atoms with Gasteiger partial charge in [0.25, 0.3) is 0 Å². The number of benzene rings is 1. The average Bonchev–Trinajstić information content (AvgIpc) is 2.50. The molecule has 0 saturated heterocycles. The molecule has 114 valence electrons. The number of hydrogen-bond acceptors (Lipinski definition) is 3. The summed E-state index contributed by atoms with van der Waals surface area (Å²) in [5, 5.41) is 12.4. The molecule has 1 rings (SSSR count). The molecular formula is C17H29NOS. The molecule has 20 heavy (non-hydrogen) atoms. The quantitative estimate of drug-likeness (QED) is 0.571. The molecular weight excluding hydrogens is 266 g/mol. The van der Waals surface area contributed by atoms with Gasteiger partial charge in [-0.2, -0.15) is 11.8 Å². The summed E-state index contributed by atoms with van der Waals surface area (Å²) in [4.78, 5) is 0. The zero-order valence-corrected chi connectivity index (χ0v) is 13.5. The topological polar surface area (TPSA) is 32.3 Å². The predicted octanol–water partition coefficient (Wildman–Crippen LogP) is 4.01. The van der Waals surface area contributed by atoms with Crippen LogP contribution in [0.25, 0.3) is 0 Å². The van der Waals surface area contributed by atoms with Crippen LogP contribution in [0.5, 0.6) is 0 Å². The molecule has 0 saturated carbocycles. The van der Waals surface area contributed by atoms with Crippen molar-refractivity contribution >= 4 is 11.8 Å². The summed E-state index contributed by atoms with van der Waals surface area (Å²) >= 11 is 1.92. The first-order chi connectivity index (χ1) is 9.88. The molecule has 1 aromatic carbocycles. The maximum Gasteiger partial charge on any atom is 0.0438 e. The van der Waals surface area contributed by atoms with E-state index in [9.17, 15) is 0 Å². The molecule has 0 radical (unpaired) electrons. The summed E-state index contributed by atoms with van der Waals surface area (Å²) in [6.07, 6.45) is 6.01. The largest absolute Gasteiger partial charge is 0.396 e. The zero-order chi connectivity index (χ0) is 14.5. The number of thioether (sulfide) groups is 1. The Morgan fingerprint density at radius 2 is 1.90 bits per heavy atom. The highest BCUT2D eigenvalue weighted by Gasteiger charge is 2.09. The van der Waals surface area contributed by atoms with E-state index >= 15 is 0 Å². The first-order valence-corrected chi connectivity index (χ1v) is 9.01. The van der Waals surface area contributed by atoms with E-state index in [-0.39, 0.29) is 0 Å². The minimum atomic E-state index is 0.310. The molecule has 0 aliphatic rings. The SMILES string of the molecule is CCCCCC(NCCSCCCO)c1ccccc1. The van der Waals surface area contributed by atoms with Crippen LogP contribution < -0.4 is 5.32 Å². The van der Waals surface area contributed by atoms with Crippen molar-refractivity contribution in [2.24, 2.45) is 0 Å². The Morgan fingerprint density at radius 1 is 1.10 bits per heavy atom. The normalized spacial score (nSPS) is 12.5. The first-order valence-electron chi connectivity index (χ1n) is 7.85.